The first-order valence-electron chi connectivity index (χ1n) is 7.72. The maximum absolute atomic E-state index is 11.8. The lowest BCUT2D eigenvalue weighted by atomic mass is 10.3. The van der Waals surface area contributed by atoms with Crippen LogP contribution in [-0.4, -0.2) is 45.0 Å². The Morgan fingerprint density at radius 1 is 1.12 bits per heavy atom. The Labute approximate surface area is 149 Å². The van der Waals surface area contributed by atoms with Gasteiger partial charge in [-0.1, -0.05) is 18.2 Å². The highest BCUT2D eigenvalue weighted by molar-refractivity contribution is 7.99. The minimum Gasteiger partial charge on any atom is -0.484 e. The van der Waals surface area contributed by atoms with Crippen LogP contribution in [0.5, 0.6) is 5.75 Å². The van der Waals surface area contributed by atoms with Gasteiger partial charge in [-0.25, -0.2) is 4.68 Å². The van der Waals surface area contributed by atoms with Gasteiger partial charge in [0, 0.05) is 17.2 Å². The normalized spacial score (nSPS) is 10.4. The first kappa shape index (κ1) is 17.0. The second-order valence-electron chi connectivity index (χ2n) is 5.05. The third kappa shape index (κ3) is 5.32. The number of tetrazole rings is 1. The van der Waals surface area contributed by atoms with Crippen LogP contribution in [0, 0.1) is 0 Å². The van der Waals surface area contributed by atoms with Gasteiger partial charge in [-0.2, -0.15) is 0 Å². The molecule has 7 nitrogen and oxygen atoms in total. The first-order valence-corrected chi connectivity index (χ1v) is 8.70. The molecule has 0 aliphatic rings. The second kappa shape index (κ2) is 8.84. The molecule has 0 spiro atoms. The molecule has 1 heterocycles. The van der Waals surface area contributed by atoms with E-state index < -0.39 is 0 Å². The number of nitrogens with one attached hydrogen (secondary N) is 1. The summed E-state index contributed by atoms with van der Waals surface area (Å²) in [4.78, 5) is 13.0. The van der Waals surface area contributed by atoms with E-state index in [1.807, 2.05) is 30.3 Å². The Balaban J connectivity index is 1.36. The van der Waals surface area contributed by atoms with Crippen LogP contribution < -0.4 is 10.1 Å². The zero-order valence-corrected chi connectivity index (χ0v) is 14.2. The van der Waals surface area contributed by atoms with Gasteiger partial charge < -0.3 is 10.1 Å². The molecule has 8 heteroatoms. The van der Waals surface area contributed by atoms with Crippen LogP contribution in [0.3, 0.4) is 0 Å². The van der Waals surface area contributed by atoms with E-state index in [9.17, 15) is 4.79 Å². The minimum absolute atomic E-state index is 0.0137. The van der Waals surface area contributed by atoms with Gasteiger partial charge in [-0.15, -0.1) is 16.9 Å². The van der Waals surface area contributed by atoms with Crippen LogP contribution in [0.2, 0.25) is 0 Å². The Kier molecular flexibility index (Phi) is 6.00. The molecule has 128 valence electrons. The average Bonchev–Trinajstić information content (AvgIpc) is 3.20. The van der Waals surface area contributed by atoms with Gasteiger partial charge in [0.25, 0.3) is 5.91 Å². The molecule has 3 rings (SSSR count). The fourth-order valence-corrected chi connectivity index (χ4v) is 2.84. The molecule has 3 aromatic rings. The molecule has 0 saturated heterocycles. The van der Waals surface area contributed by atoms with Crippen LogP contribution in [0.15, 0.2) is 65.8 Å². The second-order valence-corrected chi connectivity index (χ2v) is 6.22. The number of amides is 1. The topological polar surface area (TPSA) is 81.9 Å². The summed E-state index contributed by atoms with van der Waals surface area (Å²) in [7, 11) is 0. The lowest BCUT2D eigenvalue weighted by molar-refractivity contribution is -0.122. The number of ether oxygens (including phenoxy) is 1. The third-order valence-electron chi connectivity index (χ3n) is 3.26. The van der Waals surface area contributed by atoms with Gasteiger partial charge >= 0.3 is 0 Å². The summed E-state index contributed by atoms with van der Waals surface area (Å²) in [5.41, 5.74) is 0.819. The van der Waals surface area contributed by atoms with Crippen molar-refractivity contribution in [3.8, 4) is 11.4 Å². The molecule has 25 heavy (non-hydrogen) atoms. The maximum Gasteiger partial charge on any atom is 0.257 e. The molecule has 1 aromatic heterocycles. The van der Waals surface area contributed by atoms with Crippen molar-refractivity contribution in [2.75, 3.05) is 18.9 Å². The van der Waals surface area contributed by atoms with Crippen LogP contribution >= 0.6 is 11.8 Å². The lowest BCUT2D eigenvalue weighted by Gasteiger charge is -2.08. The molecule has 0 saturated carbocycles. The minimum atomic E-state index is -0.141. The Hall–Kier alpha value is -2.87. The van der Waals surface area contributed by atoms with E-state index >= 15 is 0 Å². The number of nitrogens with zero attached hydrogens (tertiary/aromatic N) is 4. The van der Waals surface area contributed by atoms with Crippen molar-refractivity contribution >= 4 is 17.7 Å². The number of carbonyl (C=O) groups excluding carboxylic acids is 1. The van der Waals surface area contributed by atoms with Crippen molar-refractivity contribution in [2.24, 2.45) is 0 Å². The standard InChI is InChI=1S/C17H17N5O2S/c23-17(18-10-11-25-16-4-2-1-3-5-16)12-24-15-8-6-14(7-9-15)22-13-19-20-21-22/h1-9,13H,10-12H2,(H,18,23). The highest BCUT2D eigenvalue weighted by Gasteiger charge is 2.03. The van der Waals surface area contributed by atoms with Gasteiger partial charge in [-0.05, 0) is 46.8 Å². The number of carbonyl (C=O) groups is 1. The molecule has 0 fully saturated rings. The number of benzene rings is 2. The fourth-order valence-electron chi connectivity index (χ4n) is 2.05. The zero-order valence-electron chi connectivity index (χ0n) is 13.4. The van der Waals surface area contributed by atoms with Crippen LogP contribution in [0.1, 0.15) is 0 Å². The summed E-state index contributed by atoms with van der Waals surface area (Å²) in [6, 6.07) is 17.3. The maximum atomic E-state index is 11.8. The number of hydrogen-bond acceptors (Lipinski definition) is 6. The Bertz CT molecular complexity index is 779. The predicted octanol–water partition coefficient (Wildman–Crippen LogP) is 1.95. The van der Waals surface area contributed by atoms with Crippen molar-refractivity contribution in [1.82, 2.24) is 25.5 Å². The summed E-state index contributed by atoms with van der Waals surface area (Å²) in [6.45, 7) is 0.584. The van der Waals surface area contributed by atoms with Gasteiger partial charge in [-0.3, -0.25) is 4.79 Å². The quantitative estimate of drug-likeness (QED) is 0.491. The van der Waals surface area contributed by atoms with Crippen molar-refractivity contribution < 1.29 is 9.53 Å². The summed E-state index contributed by atoms with van der Waals surface area (Å²) in [6.07, 6.45) is 1.51. The molecule has 0 atom stereocenters. The largest absolute Gasteiger partial charge is 0.484 e. The van der Waals surface area contributed by atoms with E-state index in [4.69, 9.17) is 4.74 Å². The molecule has 1 N–H and O–H groups in total. The third-order valence-corrected chi connectivity index (χ3v) is 4.27. The molecule has 0 aliphatic carbocycles. The molecule has 2 aromatic carbocycles. The van der Waals surface area contributed by atoms with Crippen molar-refractivity contribution in [1.29, 1.82) is 0 Å². The summed E-state index contributed by atoms with van der Waals surface area (Å²) in [5, 5.41) is 13.8. The molecule has 0 aliphatic heterocycles. The molecular formula is C17H17N5O2S. The highest BCUT2D eigenvalue weighted by Crippen LogP contribution is 2.16. The SMILES string of the molecule is O=C(COc1ccc(-n2cnnn2)cc1)NCCSc1ccccc1. The van der Waals surface area contributed by atoms with Crippen molar-refractivity contribution in [3.05, 3.63) is 60.9 Å². The monoisotopic (exact) mass is 355 g/mol. The predicted molar refractivity (Wildman–Crippen MR) is 94.8 cm³/mol. The van der Waals surface area contributed by atoms with Crippen LogP contribution in [-0.2, 0) is 4.79 Å². The Morgan fingerprint density at radius 3 is 2.64 bits per heavy atom. The zero-order chi connectivity index (χ0) is 17.3. The smallest absolute Gasteiger partial charge is 0.257 e. The van der Waals surface area contributed by atoms with Gasteiger partial charge in [0.2, 0.25) is 0 Å². The highest BCUT2D eigenvalue weighted by atomic mass is 32.2. The number of hydrogen-bond donors (Lipinski definition) is 1. The van der Waals surface area contributed by atoms with Crippen molar-refractivity contribution in [2.45, 2.75) is 4.90 Å². The van der Waals surface area contributed by atoms with Gasteiger partial charge in [0.15, 0.2) is 6.61 Å². The van der Waals surface area contributed by atoms with Crippen molar-refractivity contribution in [3.63, 3.8) is 0 Å². The van der Waals surface area contributed by atoms with E-state index in [2.05, 4.69) is 33.0 Å². The lowest BCUT2D eigenvalue weighted by Crippen LogP contribution is -2.30. The summed E-state index contributed by atoms with van der Waals surface area (Å²) < 4.78 is 7.02. The fraction of sp³-hybridized carbons (Fsp3) is 0.176. The number of rotatable bonds is 8. The van der Waals surface area contributed by atoms with E-state index in [0.29, 0.717) is 12.3 Å². The number of aromatic nitrogens is 4. The van der Waals surface area contributed by atoms with E-state index in [1.54, 1.807) is 28.6 Å². The van der Waals surface area contributed by atoms with E-state index in [0.717, 1.165) is 11.4 Å². The van der Waals surface area contributed by atoms with E-state index in [-0.39, 0.29) is 12.5 Å². The molecule has 0 unspecified atom stereocenters. The van der Waals surface area contributed by atoms with Crippen LogP contribution in [0.4, 0.5) is 0 Å². The molecule has 0 bridgehead atoms. The molecule has 1 amide bonds. The molecular weight excluding hydrogens is 338 g/mol. The van der Waals surface area contributed by atoms with Crippen LogP contribution in [0.25, 0.3) is 5.69 Å². The Morgan fingerprint density at radius 2 is 1.92 bits per heavy atom. The average molecular weight is 355 g/mol. The molecule has 0 radical (unpaired) electrons. The van der Waals surface area contributed by atoms with Gasteiger partial charge in [0.1, 0.15) is 12.1 Å². The summed E-state index contributed by atoms with van der Waals surface area (Å²) >= 11 is 1.70. The van der Waals surface area contributed by atoms with E-state index in [1.165, 1.54) is 11.2 Å². The summed E-state index contributed by atoms with van der Waals surface area (Å²) in [5.74, 6) is 1.29. The first-order chi connectivity index (χ1) is 12.3. The number of thioether (sulfide) groups is 1. The van der Waals surface area contributed by atoms with Gasteiger partial charge in [0.05, 0.1) is 5.69 Å².